The van der Waals surface area contributed by atoms with Crippen LogP contribution < -0.4 is 44.7 Å². The van der Waals surface area contributed by atoms with Gasteiger partial charge in [0.25, 0.3) is 16.0 Å². The van der Waals surface area contributed by atoms with Gasteiger partial charge in [0, 0.05) is 22.0 Å². The predicted molar refractivity (Wildman–Crippen MR) is 144 cm³/mol. The number of hydrogen-bond acceptors (Lipinski definition) is 7. The predicted octanol–water partition coefficient (Wildman–Crippen LogP) is 3.85. The largest absolute Gasteiger partial charge is 1.00 e. The van der Waals surface area contributed by atoms with E-state index in [1.807, 2.05) is 0 Å². The van der Waals surface area contributed by atoms with E-state index in [9.17, 15) is 22.9 Å². The van der Waals surface area contributed by atoms with Gasteiger partial charge in [0.2, 0.25) is 0 Å². The van der Waals surface area contributed by atoms with Crippen molar-refractivity contribution in [2.45, 2.75) is 18.7 Å². The third-order valence-corrected chi connectivity index (χ3v) is 7.27. The molecule has 196 valence electrons. The number of rotatable bonds is 7. The number of nitrogens with zero attached hydrogens (tertiary/aromatic N) is 2. The van der Waals surface area contributed by atoms with E-state index < -0.39 is 26.7 Å². The molecule has 0 aliphatic heterocycles. The Hall–Kier alpha value is -2.70. The van der Waals surface area contributed by atoms with Crippen LogP contribution in [0, 0.1) is 6.92 Å². The van der Waals surface area contributed by atoms with Gasteiger partial charge in [0.05, 0.1) is 23.0 Å². The third-order valence-electron chi connectivity index (χ3n) is 5.50. The Labute approximate surface area is 256 Å². The molecule has 0 saturated carbocycles. The van der Waals surface area contributed by atoms with Gasteiger partial charge in [-0.3, -0.25) is 9.35 Å². The summed E-state index contributed by atoms with van der Waals surface area (Å²) >= 11 is 12.2. The zero-order chi connectivity index (χ0) is 27.6. The molecule has 0 heterocycles. The first kappa shape index (κ1) is 30.8. The summed E-state index contributed by atoms with van der Waals surface area (Å²) in [6.45, 7) is 3.57. The number of carbonyl (C=O) groups is 1. The van der Waals surface area contributed by atoms with Crippen LogP contribution in [0.3, 0.4) is 0 Å². The van der Waals surface area contributed by atoms with Crippen molar-refractivity contribution in [2.24, 2.45) is 10.2 Å². The van der Waals surface area contributed by atoms with Crippen molar-refractivity contribution >= 4 is 67.1 Å². The molecule has 4 aromatic rings. The minimum atomic E-state index is -4.64. The van der Waals surface area contributed by atoms with E-state index in [1.54, 1.807) is 49.4 Å². The van der Waals surface area contributed by atoms with Crippen molar-refractivity contribution < 1.29 is 57.2 Å². The summed E-state index contributed by atoms with van der Waals surface area (Å²) in [6, 6.07) is 15.7. The second-order valence-electron chi connectivity index (χ2n) is 8.07. The first-order valence-corrected chi connectivity index (χ1v) is 13.4. The fraction of sp³-hybridized carbons (Fsp3) is 0.115. The second kappa shape index (κ2) is 12.6. The summed E-state index contributed by atoms with van der Waals surface area (Å²) in [5, 5.41) is 25.2. The first-order valence-electron chi connectivity index (χ1n) is 11.2. The molecule has 1 amide bonds. The number of ether oxygens (including phenoxy) is 1. The zero-order valence-electron chi connectivity index (χ0n) is 21.0. The van der Waals surface area contributed by atoms with E-state index in [-0.39, 0.29) is 57.1 Å². The smallest absolute Gasteiger partial charge is 0.870 e. The Kier molecular flexibility index (Phi) is 10.0. The minimum Gasteiger partial charge on any atom is -0.870 e. The van der Waals surface area contributed by atoms with E-state index in [0.717, 1.165) is 0 Å². The fourth-order valence-electron chi connectivity index (χ4n) is 3.78. The van der Waals surface area contributed by atoms with Gasteiger partial charge in [-0.15, -0.1) is 5.11 Å². The SMILES string of the molecule is CCOc1cc(Cl)ccc1NC(=O)c1cc2ccccc2c(N=Nc2ccc(C)c(S(=O)(=O)O)c2Cl)c1[O-].[Na+]. The minimum absolute atomic E-state index is 0. The van der Waals surface area contributed by atoms with Gasteiger partial charge in [-0.05, 0) is 49.1 Å². The zero-order valence-corrected chi connectivity index (χ0v) is 25.4. The molecule has 0 bridgehead atoms. The maximum absolute atomic E-state index is 13.4. The van der Waals surface area contributed by atoms with Gasteiger partial charge in [0.1, 0.15) is 16.3 Å². The van der Waals surface area contributed by atoms with Gasteiger partial charge in [-0.25, -0.2) is 0 Å². The molecular formula is C26H20Cl2N3NaO6S. The van der Waals surface area contributed by atoms with E-state index in [0.29, 0.717) is 33.8 Å². The summed E-state index contributed by atoms with van der Waals surface area (Å²) < 4.78 is 38.6. The summed E-state index contributed by atoms with van der Waals surface area (Å²) in [5.74, 6) is -1.08. The number of azo groups is 1. The van der Waals surface area contributed by atoms with Crippen LogP contribution in [-0.2, 0) is 10.1 Å². The summed E-state index contributed by atoms with van der Waals surface area (Å²) in [5.41, 5.74) is 0.0775. The maximum atomic E-state index is 13.4. The van der Waals surface area contributed by atoms with Crippen LogP contribution in [0.1, 0.15) is 22.8 Å². The van der Waals surface area contributed by atoms with E-state index in [1.165, 1.54) is 25.1 Å². The molecule has 0 atom stereocenters. The van der Waals surface area contributed by atoms with Crippen molar-refractivity contribution in [3.63, 3.8) is 0 Å². The summed E-state index contributed by atoms with van der Waals surface area (Å²) in [4.78, 5) is 12.7. The van der Waals surface area contributed by atoms with Crippen LogP contribution in [0.2, 0.25) is 10.0 Å². The number of nitrogens with one attached hydrogen (secondary N) is 1. The molecule has 0 spiro atoms. The van der Waals surface area contributed by atoms with Crippen molar-refractivity contribution in [1.29, 1.82) is 0 Å². The van der Waals surface area contributed by atoms with Gasteiger partial charge in [-0.2, -0.15) is 13.5 Å². The Morgan fingerprint density at radius 2 is 1.79 bits per heavy atom. The molecule has 0 unspecified atom stereocenters. The van der Waals surface area contributed by atoms with E-state index in [4.69, 9.17) is 27.9 Å². The molecule has 9 nitrogen and oxygen atoms in total. The molecule has 4 rings (SSSR count). The van der Waals surface area contributed by atoms with Gasteiger partial charge >= 0.3 is 29.6 Å². The molecule has 0 saturated heterocycles. The number of halogens is 2. The molecule has 0 aliphatic rings. The van der Waals surface area contributed by atoms with Crippen LogP contribution in [0.5, 0.6) is 11.5 Å². The number of carbonyl (C=O) groups excluding carboxylic acids is 1. The van der Waals surface area contributed by atoms with Gasteiger partial charge in [0.15, 0.2) is 0 Å². The fourth-order valence-corrected chi connectivity index (χ4v) is 5.29. The average molecular weight is 596 g/mol. The Bertz CT molecular complexity index is 1710. The van der Waals surface area contributed by atoms with Crippen LogP contribution in [0.25, 0.3) is 10.8 Å². The summed E-state index contributed by atoms with van der Waals surface area (Å²) in [6.07, 6.45) is 0. The van der Waals surface area contributed by atoms with E-state index >= 15 is 0 Å². The number of aryl methyl sites for hydroxylation is 1. The molecule has 2 N–H and O–H groups in total. The van der Waals surface area contributed by atoms with Gasteiger partial charge < -0.3 is 15.2 Å². The van der Waals surface area contributed by atoms with Crippen molar-refractivity contribution in [1.82, 2.24) is 0 Å². The maximum Gasteiger partial charge on any atom is 1.00 e. The van der Waals surface area contributed by atoms with E-state index in [2.05, 4.69) is 15.5 Å². The first-order chi connectivity index (χ1) is 18.0. The molecule has 0 radical (unpaired) electrons. The second-order valence-corrected chi connectivity index (χ2v) is 10.2. The molecule has 13 heteroatoms. The topological polar surface area (TPSA) is 140 Å². The average Bonchev–Trinajstić information content (AvgIpc) is 2.85. The van der Waals surface area contributed by atoms with Crippen LogP contribution in [-0.4, -0.2) is 25.5 Å². The number of amides is 1. The van der Waals surface area contributed by atoms with Gasteiger partial charge in [-0.1, -0.05) is 59.3 Å². The van der Waals surface area contributed by atoms with Crippen molar-refractivity contribution in [3.05, 3.63) is 81.8 Å². The molecule has 4 aromatic carbocycles. The van der Waals surface area contributed by atoms with Crippen LogP contribution >= 0.6 is 23.2 Å². The quantitative estimate of drug-likeness (QED) is 0.189. The molecule has 0 aliphatic carbocycles. The summed E-state index contributed by atoms with van der Waals surface area (Å²) in [7, 11) is -4.64. The number of hydrogen-bond donors (Lipinski definition) is 2. The Balaban J connectivity index is 0.00000420. The molecule has 0 fully saturated rings. The Morgan fingerprint density at radius 3 is 2.49 bits per heavy atom. The molecular weight excluding hydrogens is 576 g/mol. The standard InChI is InChI=1S/C26H21Cl2N3O6S.Na/c1-3-37-21-13-16(27)9-11-19(21)29-26(33)18-12-15-6-4-5-7-17(15)23(24(18)32)31-30-20-10-8-14(2)25(22(20)28)38(34,35)36;/h4-13,32H,3H2,1-2H3,(H,29,33)(H,34,35,36);/q;+1/p-1. The normalized spacial score (nSPS) is 11.4. The van der Waals surface area contributed by atoms with Crippen molar-refractivity contribution in [3.8, 4) is 11.5 Å². The number of fused-ring (bicyclic) bond motifs is 1. The van der Waals surface area contributed by atoms with Crippen LogP contribution in [0.15, 0.2) is 75.8 Å². The molecule has 0 aromatic heterocycles. The monoisotopic (exact) mass is 595 g/mol. The van der Waals surface area contributed by atoms with Crippen molar-refractivity contribution in [2.75, 3.05) is 11.9 Å². The van der Waals surface area contributed by atoms with Crippen LogP contribution in [0.4, 0.5) is 17.1 Å². The number of anilines is 1. The Morgan fingerprint density at radius 1 is 1.08 bits per heavy atom. The molecule has 39 heavy (non-hydrogen) atoms. The number of benzene rings is 4. The third kappa shape index (κ3) is 6.72.